The molecule has 1 aromatic rings. The number of aryl methyl sites for hydroxylation is 2. The summed E-state index contributed by atoms with van der Waals surface area (Å²) in [6, 6.07) is 6.97. The summed E-state index contributed by atoms with van der Waals surface area (Å²) in [6.45, 7) is 4.51. The Morgan fingerprint density at radius 1 is 1.21 bits per heavy atom. The number of allylic oxidation sites excluding steroid dienone is 1. The molecule has 19 heavy (non-hydrogen) atoms. The number of hydrogen-bond donors (Lipinski definition) is 1. The van der Waals surface area contributed by atoms with Gasteiger partial charge in [-0.25, -0.2) is 0 Å². The monoisotopic (exact) mass is 256 g/mol. The minimum Gasteiger partial charge on any atom is -0.389 e. The summed E-state index contributed by atoms with van der Waals surface area (Å²) >= 11 is 0. The van der Waals surface area contributed by atoms with E-state index in [9.17, 15) is 5.11 Å². The number of rotatable bonds is 2. The number of hydrogen-bond acceptors (Lipinski definition) is 1. The molecule has 0 bridgehead atoms. The Morgan fingerprint density at radius 2 is 2.00 bits per heavy atom. The van der Waals surface area contributed by atoms with Crippen LogP contribution in [0.25, 0.3) is 0 Å². The minimum atomic E-state index is -0.256. The highest BCUT2D eigenvalue weighted by molar-refractivity contribution is 5.37. The molecular weight excluding hydrogens is 232 g/mol. The van der Waals surface area contributed by atoms with E-state index in [2.05, 4.69) is 38.1 Å². The first-order valence-electron chi connectivity index (χ1n) is 7.50. The average Bonchev–Trinajstić information content (AvgIpc) is 2.73. The summed E-state index contributed by atoms with van der Waals surface area (Å²) in [5.41, 5.74) is 6.15. The van der Waals surface area contributed by atoms with Gasteiger partial charge in [0.2, 0.25) is 0 Å². The van der Waals surface area contributed by atoms with Gasteiger partial charge in [0.05, 0.1) is 6.10 Å². The Labute approximate surface area is 116 Å². The van der Waals surface area contributed by atoms with E-state index in [1.165, 1.54) is 30.4 Å². The molecule has 0 aliphatic heterocycles. The Bertz CT molecular complexity index is 510. The fourth-order valence-corrected chi connectivity index (χ4v) is 3.76. The van der Waals surface area contributed by atoms with E-state index in [1.807, 2.05) is 0 Å². The van der Waals surface area contributed by atoms with Gasteiger partial charge in [-0.15, -0.1) is 0 Å². The highest BCUT2D eigenvalue weighted by atomic mass is 16.3. The Kier molecular flexibility index (Phi) is 3.26. The lowest BCUT2D eigenvalue weighted by Crippen LogP contribution is -2.25. The Hall–Kier alpha value is -1.08. The molecule has 0 spiro atoms. The van der Waals surface area contributed by atoms with Crippen LogP contribution >= 0.6 is 0 Å². The van der Waals surface area contributed by atoms with E-state index in [0.29, 0.717) is 0 Å². The molecule has 1 N–H and O–H groups in total. The van der Waals surface area contributed by atoms with Crippen LogP contribution in [0.5, 0.6) is 0 Å². The van der Waals surface area contributed by atoms with E-state index >= 15 is 0 Å². The van der Waals surface area contributed by atoms with Crippen molar-refractivity contribution in [2.24, 2.45) is 5.41 Å². The molecule has 2 aliphatic rings. The van der Waals surface area contributed by atoms with Crippen LogP contribution in [0.1, 0.15) is 49.8 Å². The fourth-order valence-electron chi connectivity index (χ4n) is 3.76. The number of aliphatic hydroxyl groups excluding tert-OH is 1. The first-order valence-corrected chi connectivity index (χ1v) is 7.50. The highest BCUT2D eigenvalue weighted by Crippen LogP contribution is 2.36. The van der Waals surface area contributed by atoms with Crippen molar-refractivity contribution in [2.45, 2.75) is 58.5 Å². The third-order valence-electron chi connectivity index (χ3n) is 4.49. The van der Waals surface area contributed by atoms with E-state index in [1.54, 1.807) is 11.1 Å². The maximum Gasteiger partial charge on any atom is 0.0728 e. The summed E-state index contributed by atoms with van der Waals surface area (Å²) in [5.74, 6) is 0. The summed E-state index contributed by atoms with van der Waals surface area (Å²) in [7, 11) is 0. The SMILES string of the molecule is CC1(C)CC(Cc2ccc3c(c2)CCC3)=CC(O)C1. The molecule has 0 radical (unpaired) electrons. The molecule has 1 aromatic carbocycles. The van der Waals surface area contributed by atoms with Gasteiger partial charge < -0.3 is 5.11 Å². The van der Waals surface area contributed by atoms with Crippen LogP contribution in [0.15, 0.2) is 29.8 Å². The third-order valence-corrected chi connectivity index (χ3v) is 4.49. The van der Waals surface area contributed by atoms with Gasteiger partial charge in [0.1, 0.15) is 0 Å². The van der Waals surface area contributed by atoms with Crippen LogP contribution in [0, 0.1) is 5.41 Å². The zero-order chi connectivity index (χ0) is 13.5. The molecule has 3 rings (SSSR count). The van der Waals surface area contributed by atoms with Crippen LogP contribution in [0.3, 0.4) is 0 Å². The molecule has 102 valence electrons. The molecule has 0 saturated carbocycles. The van der Waals surface area contributed by atoms with Crippen molar-refractivity contribution < 1.29 is 5.11 Å². The molecular formula is C18H24O. The predicted molar refractivity (Wildman–Crippen MR) is 79.3 cm³/mol. The van der Waals surface area contributed by atoms with Crippen LogP contribution in [-0.2, 0) is 19.3 Å². The second kappa shape index (κ2) is 4.79. The number of fused-ring (bicyclic) bond motifs is 1. The van der Waals surface area contributed by atoms with Crippen molar-refractivity contribution in [2.75, 3.05) is 0 Å². The van der Waals surface area contributed by atoms with Crippen molar-refractivity contribution in [3.05, 3.63) is 46.5 Å². The van der Waals surface area contributed by atoms with Crippen LogP contribution in [-0.4, -0.2) is 11.2 Å². The van der Waals surface area contributed by atoms with Crippen molar-refractivity contribution in [3.63, 3.8) is 0 Å². The minimum absolute atomic E-state index is 0.236. The standard InChI is InChI=1S/C18H24O/c1-18(2)11-14(10-17(19)12-18)8-13-6-7-15-4-3-5-16(15)9-13/h6-7,9-10,17,19H,3-5,8,11-12H2,1-2H3. The maximum absolute atomic E-state index is 9.97. The largest absolute Gasteiger partial charge is 0.389 e. The van der Waals surface area contributed by atoms with Gasteiger partial charge in [-0.3, -0.25) is 0 Å². The Balaban J connectivity index is 1.78. The predicted octanol–water partition coefficient (Wildman–Crippen LogP) is 3.83. The van der Waals surface area contributed by atoms with Gasteiger partial charge >= 0.3 is 0 Å². The number of aliphatic hydroxyl groups is 1. The van der Waals surface area contributed by atoms with Gasteiger partial charge in [-0.2, -0.15) is 0 Å². The molecule has 1 nitrogen and oxygen atoms in total. The molecule has 0 heterocycles. The lowest BCUT2D eigenvalue weighted by Gasteiger charge is -2.32. The average molecular weight is 256 g/mol. The van der Waals surface area contributed by atoms with Crippen molar-refractivity contribution >= 4 is 0 Å². The summed E-state index contributed by atoms with van der Waals surface area (Å²) in [5, 5.41) is 9.97. The molecule has 2 aliphatic carbocycles. The first kappa shape index (κ1) is 12.9. The molecule has 0 amide bonds. The van der Waals surface area contributed by atoms with Gasteiger partial charge in [0.25, 0.3) is 0 Å². The van der Waals surface area contributed by atoms with Crippen molar-refractivity contribution in [3.8, 4) is 0 Å². The normalized spacial score (nSPS) is 25.0. The van der Waals surface area contributed by atoms with Crippen LogP contribution < -0.4 is 0 Å². The summed E-state index contributed by atoms with van der Waals surface area (Å²) in [4.78, 5) is 0. The van der Waals surface area contributed by atoms with Gasteiger partial charge in [0, 0.05) is 0 Å². The molecule has 1 atom stereocenters. The van der Waals surface area contributed by atoms with Gasteiger partial charge in [-0.1, -0.05) is 43.7 Å². The molecule has 0 aromatic heterocycles. The Morgan fingerprint density at radius 3 is 2.79 bits per heavy atom. The lowest BCUT2D eigenvalue weighted by atomic mass is 9.75. The zero-order valence-electron chi connectivity index (χ0n) is 12.1. The maximum atomic E-state index is 9.97. The van der Waals surface area contributed by atoms with E-state index < -0.39 is 0 Å². The first-order chi connectivity index (χ1) is 9.02. The zero-order valence-corrected chi connectivity index (χ0v) is 12.1. The molecule has 0 fully saturated rings. The molecule has 1 heteroatoms. The van der Waals surface area contributed by atoms with Crippen LogP contribution in [0.4, 0.5) is 0 Å². The molecule has 1 unspecified atom stereocenters. The quantitative estimate of drug-likeness (QED) is 0.797. The summed E-state index contributed by atoms with van der Waals surface area (Å²) < 4.78 is 0. The van der Waals surface area contributed by atoms with Gasteiger partial charge in [-0.05, 0) is 60.6 Å². The van der Waals surface area contributed by atoms with Crippen molar-refractivity contribution in [1.29, 1.82) is 0 Å². The fraction of sp³-hybridized carbons (Fsp3) is 0.556. The number of benzene rings is 1. The van der Waals surface area contributed by atoms with Crippen LogP contribution in [0.2, 0.25) is 0 Å². The van der Waals surface area contributed by atoms with E-state index in [0.717, 1.165) is 19.3 Å². The van der Waals surface area contributed by atoms with Crippen molar-refractivity contribution in [1.82, 2.24) is 0 Å². The second-order valence-electron chi connectivity index (χ2n) is 7.07. The molecule has 0 saturated heterocycles. The topological polar surface area (TPSA) is 20.2 Å². The summed E-state index contributed by atoms with van der Waals surface area (Å²) in [6.07, 6.45) is 8.65. The van der Waals surface area contributed by atoms with Gasteiger partial charge in [0.15, 0.2) is 0 Å². The third kappa shape index (κ3) is 2.92. The lowest BCUT2D eigenvalue weighted by molar-refractivity contribution is 0.138. The highest BCUT2D eigenvalue weighted by Gasteiger charge is 2.27. The second-order valence-corrected chi connectivity index (χ2v) is 7.07. The van der Waals surface area contributed by atoms with E-state index in [-0.39, 0.29) is 11.5 Å². The van der Waals surface area contributed by atoms with E-state index in [4.69, 9.17) is 0 Å². The smallest absolute Gasteiger partial charge is 0.0728 e.